The van der Waals surface area contributed by atoms with E-state index in [0.29, 0.717) is 11.3 Å². The topological polar surface area (TPSA) is 63.2 Å². The monoisotopic (exact) mass is 295 g/mol. The summed E-state index contributed by atoms with van der Waals surface area (Å²) in [6.45, 7) is 2.80. The number of nitrogens with one attached hydrogen (secondary N) is 1. The van der Waals surface area contributed by atoms with Crippen LogP contribution >= 0.6 is 0 Å². The van der Waals surface area contributed by atoms with Crippen molar-refractivity contribution in [3.8, 4) is 11.1 Å². The highest BCUT2D eigenvalue weighted by Gasteiger charge is 2.13. The molecular weight excluding hydrogens is 278 g/mol. The molecule has 2 rings (SSSR count). The third kappa shape index (κ3) is 3.88. The van der Waals surface area contributed by atoms with Gasteiger partial charge in [-0.3, -0.25) is 14.4 Å². The van der Waals surface area contributed by atoms with Gasteiger partial charge in [-0.05, 0) is 37.1 Å². The fourth-order valence-electron chi connectivity index (χ4n) is 2.18. The molecule has 0 radical (unpaired) electrons. The van der Waals surface area contributed by atoms with Crippen LogP contribution in [0.1, 0.15) is 30.6 Å². The molecule has 0 saturated heterocycles. The van der Waals surface area contributed by atoms with E-state index in [1.165, 1.54) is 13.8 Å². The minimum absolute atomic E-state index is 0.143. The Morgan fingerprint density at radius 3 is 2.18 bits per heavy atom. The second-order valence-corrected chi connectivity index (χ2v) is 5.11. The maximum atomic E-state index is 11.8. The molecule has 2 aromatic carbocycles. The summed E-state index contributed by atoms with van der Waals surface area (Å²) in [6, 6.07) is 15.0. The van der Waals surface area contributed by atoms with Gasteiger partial charge in [0.25, 0.3) is 0 Å². The Morgan fingerprint density at radius 1 is 0.909 bits per heavy atom. The van der Waals surface area contributed by atoms with Crippen molar-refractivity contribution in [3.05, 3.63) is 54.1 Å². The first kappa shape index (κ1) is 15.6. The van der Waals surface area contributed by atoms with Crippen LogP contribution in [0.4, 0.5) is 5.69 Å². The predicted octanol–water partition coefficient (Wildman–Crippen LogP) is 3.47. The summed E-state index contributed by atoms with van der Waals surface area (Å²) in [6.07, 6.45) is -0.197. The van der Waals surface area contributed by atoms with E-state index in [0.717, 1.165) is 11.1 Å². The first-order valence-electron chi connectivity index (χ1n) is 6.97. The summed E-state index contributed by atoms with van der Waals surface area (Å²) in [5.74, 6) is -0.777. The Balaban J connectivity index is 2.34. The number of ketones is 2. The van der Waals surface area contributed by atoms with Gasteiger partial charge in [-0.25, -0.2) is 0 Å². The van der Waals surface area contributed by atoms with E-state index >= 15 is 0 Å². The van der Waals surface area contributed by atoms with Gasteiger partial charge < -0.3 is 5.32 Å². The van der Waals surface area contributed by atoms with Crippen molar-refractivity contribution in [2.75, 3.05) is 5.32 Å². The summed E-state index contributed by atoms with van der Waals surface area (Å²) in [5.41, 5.74) is 2.75. The number of carbonyl (C=O) groups is 3. The van der Waals surface area contributed by atoms with Gasteiger partial charge in [0.2, 0.25) is 5.91 Å². The molecule has 1 N–H and O–H groups in total. The van der Waals surface area contributed by atoms with Crippen LogP contribution in [0, 0.1) is 0 Å². The molecular formula is C18H17NO3. The number of Topliss-reactive ketones (excluding diaryl/α,β-unsaturated/α-hetero) is 2. The van der Waals surface area contributed by atoms with E-state index < -0.39 is 5.91 Å². The maximum absolute atomic E-state index is 11.8. The highest BCUT2D eigenvalue weighted by Crippen LogP contribution is 2.25. The third-order valence-corrected chi connectivity index (χ3v) is 3.19. The van der Waals surface area contributed by atoms with Gasteiger partial charge in [-0.15, -0.1) is 0 Å². The van der Waals surface area contributed by atoms with Gasteiger partial charge in [-0.1, -0.05) is 36.4 Å². The first-order valence-corrected chi connectivity index (χ1v) is 6.97. The molecule has 0 aromatic heterocycles. The Kier molecular flexibility index (Phi) is 4.84. The van der Waals surface area contributed by atoms with Crippen molar-refractivity contribution >= 4 is 23.2 Å². The van der Waals surface area contributed by atoms with E-state index in [9.17, 15) is 14.4 Å². The summed E-state index contributed by atoms with van der Waals surface area (Å²) >= 11 is 0. The average molecular weight is 295 g/mol. The molecule has 4 heteroatoms. The smallest absolute Gasteiger partial charge is 0.231 e. The maximum Gasteiger partial charge on any atom is 0.231 e. The van der Waals surface area contributed by atoms with Gasteiger partial charge in [0.05, 0.1) is 12.1 Å². The quantitative estimate of drug-likeness (QED) is 0.678. The normalized spacial score (nSPS) is 10.1. The molecule has 0 spiro atoms. The van der Waals surface area contributed by atoms with Crippen LogP contribution in [0.2, 0.25) is 0 Å². The zero-order valence-corrected chi connectivity index (χ0v) is 12.6. The lowest BCUT2D eigenvalue weighted by molar-refractivity contribution is -0.124. The van der Waals surface area contributed by atoms with E-state index in [2.05, 4.69) is 5.32 Å². The number of hydrogen-bond donors (Lipinski definition) is 1. The van der Waals surface area contributed by atoms with Crippen molar-refractivity contribution in [2.45, 2.75) is 20.3 Å². The SMILES string of the molecule is CC(=O)CC(=O)Nc1ccc(-c2ccccc2)cc1C(C)=O. The van der Waals surface area contributed by atoms with Gasteiger partial charge in [0.15, 0.2) is 5.78 Å². The van der Waals surface area contributed by atoms with Gasteiger partial charge in [-0.2, -0.15) is 0 Å². The van der Waals surface area contributed by atoms with Crippen LogP contribution in [-0.4, -0.2) is 17.5 Å². The average Bonchev–Trinajstić information content (AvgIpc) is 2.47. The molecule has 1 amide bonds. The number of benzene rings is 2. The van der Waals surface area contributed by atoms with Crippen molar-refractivity contribution in [2.24, 2.45) is 0 Å². The minimum Gasteiger partial charge on any atom is -0.325 e. The number of carbonyl (C=O) groups excluding carboxylic acids is 3. The van der Waals surface area contributed by atoms with Crippen LogP contribution in [0.25, 0.3) is 11.1 Å². The lowest BCUT2D eigenvalue weighted by atomic mass is 10.00. The van der Waals surface area contributed by atoms with Crippen molar-refractivity contribution < 1.29 is 14.4 Å². The second-order valence-electron chi connectivity index (χ2n) is 5.11. The van der Waals surface area contributed by atoms with Crippen LogP contribution in [0.15, 0.2) is 48.5 Å². The summed E-state index contributed by atoms with van der Waals surface area (Å²) in [5, 5.41) is 2.62. The molecule has 0 fully saturated rings. The van der Waals surface area contributed by atoms with Crippen LogP contribution in [0.3, 0.4) is 0 Å². The van der Waals surface area contributed by atoms with E-state index in [1.54, 1.807) is 12.1 Å². The molecule has 0 aliphatic heterocycles. The molecule has 0 saturated carbocycles. The van der Waals surface area contributed by atoms with Crippen molar-refractivity contribution in [1.29, 1.82) is 0 Å². The van der Waals surface area contributed by atoms with Gasteiger partial charge in [0.1, 0.15) is 5.78 Å². The fraction of sp³-hybridized carbons (Fsp3) is 0.167. The lowest BCUT2D eigenvalue weighted by Crippen LogP contribution is -2.16. The highest BCUT2D eigenvalue weighted by molar-refractivity contribution is 6.08. The molecule has 112 valence electrons. The number of hydrogen-bond acceptors (Lipinski definition) is 3. The Hall–Kier alpha value is -2.75. The molecule has 4 nitrogen and oxygen atoms in total. The molecule has 0 heterocycles. The summed E-state index contributed by atoms with van der Waals surface area (Å²) in [7, 11) is 0. The fourth-order valence-corrected chi connectivity index (χ4v) is 2.18. The molecule has 0 aliphatic carbocycles. The number of anilines is 1. The Bertz CT molecular complexity index is 720. The van der Waals surface area contributed by atoms with Crippen LogP contribution in [0.5, 0.6) is 0 Å². The Labute approximate surface area is 129 Å². The molecule has 22 heavy (non-hydrogen) atoms. The minimum atomic E-state index is -0.414. The van der Waals surface area contributed by atoms with Crippen LogP contribution < -0.4 is 5.32 Å². The molecule has 0 atom stereocenters. The molecule has 0 bridgehead atoms. The van der Waals surface area contributed by atoms with E-state index in [-0.39, 0.29) is 18.0 Å². The highest BCUT2D eigenvalue weighted by atomic mass is 16.2. The summed E-state index contributed by atoms with van der Waals surface area (Å²) in [4.78, 5) is 34.5. The van der Waals surface area contributed by atoms with Gasteiger partial charge in [0, 0.05) is 5.56 Å². The largest absolute Gasteiger partial charge is 0.325 e. The zero-order valence-electron chi connectivity index (χ0n) is 12.6. The van der Waals surface area contributed by atoms with Gasteiger partial charge >= 0.3 is 0 Å². The summed E-state index contributed by atoms with van der Waals surface area (Å²) < 4.78 is 0. The third-order valence-electron chi connectivity index (χ3n) is 3.19. The zero-order chi connectivity index (χ0) is 16.1. The van der Waals surface area contributed by atoms with E-state index in [1.807, 2.05) is 36.4 Å². The predicted molar refractivity (Wildman–Crippen MR) is 85.8 cm³/mol. The van der Waals surface area contributed by atoms with E-state index in [4.69, 9.17) is 0 Å². The number of amides is 1. The molecule has 0 unspecified atom stereocenters. The van der Waals surface area contributed by atoms with Crippen molar-refractivity contribution in [1.82, 2.24) is 0 Å². The number of rotatable bonds is 5. The second kappa shape index (κ2) is 6.80. The molecule has 0 aliphatic rings. The molecule has 2 aromatic rings. The first-order chi connectivity index (χ1) is 10.5. The van der Waals surface area contributed by atoms with Crippen molar-refractivity contribution in [3.63, 3.8) is 0 Å². The Morgan fingerprint density at radius 2 is 1.59 bits per heavy atom. The standard InChI is InChI=1S/C18H17NO3/c1-12(20)10-18(22)19-17-9-8-15(11-16(17)13(2)21)14-6-4-3-5-7-14/h3-9,11H,10H2,1-2H3,(H,19,22). The van der Waals surface area contributed by atoms with Crippen LogP contribution in [-0.2, 0) is 9.59 Å². The lowest BCUT2D eigenvalue weighted by Gasteiger charge is -2.11.